The molecule has 0 saturated carbocycles. The summed E-state index contributed by atoms with van der Waals surface area (Å²) in [5.74, 6) is -3.64. The normalized spacial score (nSPS) is 17.5. The third-order valence-corrected chi connectivity index (χ3v) is 7.58. The van der Waals surface area contributed by atoms with Gasteiger partial charge in [0.1, 0.15) is 0 Å². The van der Waals surface area contributed by atoms with Crippen LogP contribution in [0.25, 0.3) is 22.3 Å². The Labute approximate surface area is 223 Å². The molecule has 1 fully saturated rings. The molecule has 3 aromatic carbocycles. The van der Waals surface area contributed by atoms with E-state index >= 15 is 8.78 Å². The van der Waals surface area contributed by atoms with Gasteiger partial charge in [0.2, 0.25) is 0 Å². The highest BCUT2D eigenvalue weighted by Crippen LogP contribution is 2.36. The number of aryl methyl sites for hydroxylation is 1. The smallest absolute Gasteiger partial charge is 0.166 e. The molecule has 4 rings (SSSR count). The van der Waals surface area contributed by atoms with E-state index in [1.165, 1.54) is 0 Å². The van der Waals surface area contributed by atoms with Crippen LogP contribution in [0.5, 0.6) is 0 Å². The number of ether oxygens (including phenoxy) is 1. The zero-order chi connectivity index (χ0) is 27.1. The topological polar surface area (TPSA) is 9.23 Å². The minimum atomic E-state index is -0.909. The molecule has 1 saturated heterocycles. The number of benzene rings is 3. The van der Waals surface area contributed by atoms with Crippen molar-refractivity contribution >= 4 is 0 Å². The Balaban J connectivity index is 1.48. The van der Waals surface area contributed by atoms with Gasteiger partial charge in [-0.25, -0.2) is 17.6 Å². The lowest BCUT2D eigenvalue weighted by atomic mass is 9.88. The second kappa shape index (κ2) is 13.2. The van der Waals surface area contributed by atoms with Crippen LogP contribution < -0.4 is 0 Å². The molecule has 0 aliphatic carbocycles. The predicted octanol–water partition coefficient (Wildman–Crippen LogP) is 9.93. The first-order chi connectivity index (χ1) is 18.4. The third kappa shape index (κ3) is 6.37. The maximum absolute atomic E-state index is 15.1. The highest BCUT2D eigenvalue weighted by atomic mass is 19.2. The first-order valence-corrected chi connectivity index (χ1v) is 13.7. The molecule has 1 aliphatic heterocycles. The first kappa shape index (κ1) is 28.1. The van der Waals surface area contributed by atoms with Crippen molar-refractivity contribution in [3.05, 3.63) is 95.6 Å². The number of unbranched alkanes of at least 4 members (excludes halogenated alkanes) is 3. The Kier molecular flexibility index (Phi) is 9.79. The van der Waals surface area contributed by atoms with Gasteiger partial charge < -0.3 is 4.74 Å². The standard InChI is InChI=1S/C33H36F4O/c1-3-5-7-8-9-24-16-18-27(31(35)30(24)34)22-11-13-23(14-12-22)28-19-20-29(33(37)32(28)36)25-15-17-26(38-21-25)10-6-4-2/h4,11-14,16,18-20,25-26H,2-3,5-10,15,17,21H2,1H3. The lowest BCUT2D eigenvalue weighted by molar-refractivity contribution is -0.000881. The van der Waals surface area contributed by atoms with Gasteiger partial charge in [-0.1, -0.05) is 80.8 Å². The van der Waals surface area contributed by atoms with E-state index in [1.54, 1.807) is 48.5 Å². The van der Waals surface area contributed by atoms with E-state index in [0.29, 0.717) is 35.3 Å². The molecule has 38 heavy (non-hydrogen) atoms. The third-order valence-electron chi connectivity index (χ3n) is 7.58. The van der Waals surface area contributed by atoms with Gasteiger partial charge in [-0.3, -0.25) is 0 Å². The first-order valence-electron chi connectivity index (χ1n) is 13.7. The van der Waals surface area contributed by atoms with Crippen molar-refractivity contribution in [1.29, 1.82) is 0 Å². The molecule has 0 amide bonds. The molecule has 0 radical (unpaired) electrons. The molecule has 2 unspecified atom stereocenters. The fourth-order valence-electron chi connectivity index (χ4n) is 5.26. The van der Waals surface area contributed by atoms with E-state index in [1.807, 2.05) is 6.08 Å². The molecule has 0 N–H and O–H groups in total. The summed E-state index contributed by atoms with van der Waals surface area (Å²) in [6, 6.07) is 12.9. The summed E-state index contributed by atoms with van der Waals surface area (Å²) in [5, 5.41) is 0. The van der Waals surface area contributed by atoms with E-state index in [9.17, 15) is 8.78 Å². The average Bonchev–Trinajstić information content (AvgIpc) is 2.94. The fourth-order valence-corrected chi connectivity index (χ4v) is 5.26. The molecule has 0 bridgehead atoms. The Bertz CT molecular complexity index is 1230. The van der Waals surface area contributed by atoms with Crippen molar-refractivity contribution in [2.75, 3.05) is 6.61 Å². The highest BCUT2D eigenvalue weighted by Gasteiger charge is 2.27. The van der Waals surface area contributed by atoms with Gasteiger partial charge in [-0.15, -0.1) is 6.58 Å². The SMILES string of the molecule is C=CCCC1CCC(c2ccc(-c3ccc(-c4ccc(CCCCCC)c(F)c4F)cc3)c(F)c2F)CO1. The van der Waals surface area contributed by atoms with Crippen molar-refractivity contribution in [3.63, 3.8) is 0 Å². The minimum Gasteiger partial charge on any atom is -0.378 e. The van der Waals surface area contributed by atoms with Crippen molar-refractivity contribution in [2.45, 2.75) is 76.7 Å². The summed E-state index contributed by atoms with van der Waals surface area (Å²) in [6.45, 7) is 6.20. The van der Waals surface area contributed by atoms with Gasteiger partial charge in [0, 0.05) is 17.0 Å². The molecule has 2 atom stereocenters. The summed E-state index contributed by atoms with van der Waals surface area (Å²) < 4.78 is 65.7. The van der Waals surface area contributed by atoms with Crippen molar-refractivity contribution in [3.8, 4) is 22.3 Å². The van der Waals surface area contributed by atoms with Crippen LogP contribution in [0.4, 0.5) is 17.6 Å². The van der Waals surface area contributed by atoms with E-state index in [0.717, 1.165) is 51.4 Å². The number of rotatable bonds is 11. The van der Waals surface area contributed by atoms with E-state index in [2.05, 4.69) is 13.5 Å². The van der Waals surface area contributed by atoms with Crippen molar-refractivity contribution < 1.29 is 22.3 Å². The van der Waals surface area contributed by atoms with Crippen molar-refractivity contribution in [1.82, 2.24) is 0 Å². The molecule has 202 valence electrons. The molecule has 1 nitrogen and oxygen atoms in total. The summed E-state index contributed by atoms with van der Waals surface area (Å²) in [7, 11) is 0. The largest absolute Gasteiger partial charge is 0.378 e. The van der Waals surface area contributed by atoms with Crippen LogP contribution in [0, 0.1) is 23.3 Å². The zero-order valence-electron chi connectivity index (χ0n) is 22.0. The molecule has 0 spiro atoms. The summed E-state index contributed by atoms with van der Waals surface area (Å²) in [4.78, 5) is 0. The van der Waals surface area contributed by atoms with Crippen molar-refractivity contribution in [2.24, 2.45) is 0 Å². The highest BCUT2D eigenvalue weighted by molar-refractivity contribution is 5.71. The Morgan fingerprint density at radius 1 is 0.789 bits per heavy atom. The van der Waals surface area contributed by atoms with Crippen LogP contribution in [0.1, 0.15) is 75.3 Å². The molecule has 1 heterocycles. The van der Waals surface area contributed by atoms with Crippen LogP contribution in [-0.4, -0.2) is 12.7 Å². The predicted molar refractivity (Wildman–Crippen MR) is 146 cm³/mol. The van der Waals surface area contributed by atoms with E-state index in [4.69, 9.17) is 4.74 Å². The molecule has 0 aromatic heterocycles. The quantitative estimate of drug-likeness (QED) is 0.138. The van der Waals surface area contributed by atoms with Gasteiger partial charge in [0.15, 0.2) is 23.3 Å². The van der Waals surface area contributed by atoms with Crippen LogP contribution in [-0.2, 0) is 11.2 Å². The molecule has 5 heteroatoms. The van der Waals surface area contributed by atoms with Gasteiger partial charge in [0.25, 0.3) is 0 Å². The van der Waals surface area contributed by atoms with Gasteiger partial charge in [-0.2, -0.15) is 0 Å². The van der Waals surface area contributed by atoms with Crippen LogP contribution in [0.2, 0.25) is 0 Å². The minimum absolute atomic E-state index is 0.132. The molecular formula is C33H36F4O. The lowest BCUT2D eigenvalue weighted by Gasteiger charge is -2.29. The fraction of sp³-hybridized carbons (Fsp3) is 0.394. The Morgan fingerprint density at radius 2 is 1.45 bits per heavy atom. The number of allylic oxidation sites excluding steroid dienone is 1. The summed E-state index contributed by atoms with van der Waals surface area (Å²) >= 11 is 0. The second-order valence-corrected chi connectivity index (χ2v) is 10.2. The molecule has 3 aromatic rings. The van der Waals surface area contributed by atoms with E-state index in [-0.39, 0.29) is 23.1 Å². The maximum atomic E-state index is 15.1. The average molecular weight is 525 g/mol. The van der Waals surface area contributed by atoms with Crippen LogP contribution in [0.15, 0.2) is 61.2 Å². The zero-order valence-corrected chi connectivity index (χ0v) is 22.0. The summed E-state index contributed by atoms with van der Waals surface area (Å²) in [6.07, 6.45) is 9.78. The summed E-state index contributed by atoms with van der Waals surface area (Å²) in [5.41, 5.74) is 1.94. The number of hydrogen-bond acceptors (Lipinski definition) is 1. The van der Waals surface area contributed by atoms with Crippen LogP contribution in [0.3, 0.4) is 0 Å². The maximum Gasteiger partial charge on any atom is 0.166 e. The second-order valence-electron chi connectivity index (χ2n) is 10.2. The van der Waals surface area contributed by atoms with Gasteiger partial charge >= 0.3 is 0 Å². The van der Waals surface area contributed by atoms with Gasteiger partial charge in [0.05, 0.1) is 12.7 Å². The van der Waals surface area contributed by atoms with Crippen LogP contribution >= 0.6 is 0 Å². The lowest BCUT2D eigenvalue weighted by Crippen LogP contribution is -2.25. The molecule has 1 aliphatic rings. The van der Waals surface area contributed by atoms with E-state index < -0.39 is 23.3 Å². The molecular weight excluding hydrogens is 488 g/mol. The van der Waals surface area contributed by atoms with Gasteiger partial charge in [-0.05, 0) is 60.8 Å². The Hall–Kier alpha value is -2.92. The Morgan fingerprint density at radius 3 is 2.05 bits per heavy atom. The number of hydrogen-bond donors (Lipinski definition) is 0. The number of halogens is 4. The monoisotopic (exact) mass is 524 g/mol.